The van der Waals surface area contributed by atoms with Crippen LogP contribution in [0.2, 0.25) is 0 Å². The summed E-state index contributed by atoms with van der Waals surface area (Å²) in [6.45, 7) is -3.47. The second-order valence-electron chi connectivity index (χ2n) is 10.1. The fraction of sp³-hybridized carbons (Fsp3) is 0.200. The molecular weight excluding hydrogens is 632 g/mol. The van der Waals surface area contributed by atoms with E-state index in [1.165, 1.54) is 13.2 Å². The number of pyridine rings is 1. The van der Waals surface area contributed by atoms with Crippen LogP contribution in [0.5, 0.6) is 5.75 Å². The number of carbonyl (C=O) groups excluding carboxylic acids is 1. The number of thiophene rings is 1. The molecule has 3 heterocycles. The summed E-state index contributed by atoms with van der Waals surface area (Å²) in [5.74, 6) is -2.30. The number of amides is 2. The van der Waals surface area contributed by atoms with Gasteiger partial charge >= 0.3 is 18.3 Å². The Hall–Kier alpha value is -5.06. The predicted octanol–water partition coefficient (Wildman–Crippen LogP) is 4.95. The number of hydrogen-bond donors (Lipinski definition) is 2. The number of carbonyl (C=O) groups is 1. The van der Waals surface area contributed by atoms with Crippen LogP contribution in [-0.4, -0.2) is 52.9 Å². The van der Waals surface area contributed by atoms with E-state index in [0.717, 1.165) is 50.9 Å². The summed E-state index contributed by atoms with van der Waals surface area (Å²) in [5, 5.41) is 2.69. The van der Waals surface area contributed by atoms with Crippen molar-refractivity contribution in [1.29, 1.82) is 0 Å². The fourth-order valence-corrected chi connectivity index (χ4v) is 6.09. The summed E-state index contributed by atoms with van der Waals surface area (Å²) >= 11 is 1.08. The van der Waals surface area contributed by atoms with Gasteiger partial charge in [-0.25, -0.2) is 33.4 Å². The van der Waals surface area contributed by atoms with Crippen molar-refractivity contribution in [3.05, 3.63) is 104 Å². The van der Waals surface area contributed by atoms with E-state index in [4.69, 9.17) is 0 Å². The Kier molecular flexibility index (Phi) is 9.50. The third-order valence-electron chi connectivity index (χ3n) is 6.70. The number of benzene rings is 2. The number of aromatic nitrogens is 3. The van der Waals surface area contributed by atoms with Crippen LogP contribution in [0, 0.1) is 11.6 Å². The molecular formula is C30H26F4N6O5S. The first-order valence-corrected chi connectivity index (χ1v) is 14.3. The van der Waals surface area contributed by atoms with Crippen molar-refractivity contribution in [1.82, 2.24) is 24.5 Å². The van der Waals surface area contributed by atoms with Crippen molar-refractivity contribution < 1.29 is 31.9 Å². The lowest BCUT2D eigenvalue weighted by Crippen LogP contribution is -2.39. The van der Waals surface area contributed by atoms with Crippen molar-refractivity contribution >= 4 is 33.3 Å². The lowest BCUT2D eigenvalue weighted by atomic mass is 10.1. The molecule has 3 aromatic heterocycles. The molecule has 0 unspecified atom stereocenters. The molecule has 16 heteroatoms. The molecule has 5 aromatic rings. The zero-order valence-corrected chi connectivity index (χ0v) is 25.3. The molecule has 2 aromatic carbocycles. The lowest BCUT2D eigenvalue weighted by Gasteiger charge is -2.15. The molecule has 0 saturated carbocycles. The Morgan fingerprint density at radius 2 is 1.72 bits per heavy atom. The number of nitrogens with one attached hydrogen (secondary N) is 2. The SMILES string of the molecule is CONC(=O)Nc1ccc(-c2sc3c(c2CN(C)C)c(=O)n(-c2ccc(OC(F)F)cn2)c(=O)n3Cc2c(F)cccc2F)cc1. The fourth-order valence-electron chi connectivity index (χ4n) is 4.78. The van der Waals surface area contributed by atoms with Gasteiger partial charge in [0.2, 0.25) is 0 Å². The van der Waals surface area contributed by atoms with Crippen molar-refractivity contribution in [3.8, 4) is 22.0 Å². The molecule has 11 nitrogen and oxygen atoms in total. The predicted molar refractivity (Wildman–Crippen MR) is 164 cm³/mol. The Morgan fingerprint density at radius 3 is 2.30 bits per heavy atom. The van der Waals surface area contributed by atoms with Crippen molar-refractivity contribution in [2.24, 2.45) is 0 Å². The maximum Gasteiger partial charge on any atom is 0.387 e. The molecule has 0 spiro atoms. The van der Waals surface area contributed by atoms with Gasteiger partial charge in [-0.15, -0.1) is 11.3 Å². The number of fused-ring (bicyclic) bond motifs is 1. The molecule has 0 bridgehead atoms. The molecule has 0 aliphatic carbocycles. The van der Waals surface area contributed by atoms with E-state index in [9.17, 15) is 31.9 Å². The summed E-state index contributed by atoms with van der Waals surface area (Å²) < 4.78 is 61.3. The molecule has 0 aliphatic heterocycles. The molecule has 0 atom stereocenters. The normalized spacial score (nSPS) is 11.4. The van der Waals surface area contributed by atoms with Crippen LogP contribution in [0.25, 0.3) is 26.5 Å². The first-order valence-electron chi connectivity index (χ1n) is 13.5. The number of rotatable bonds is 10. The van der Waals surface area contributed by atoms with Crippen LogP contribution < -0.4 is 26.8 Å². The van der Waals surface area contributed by atoms with E-state index in [2.05, 4.69) is 25.4 Å². The van der Waals surface area contributed by atoms with Crippen LogP contribution in [0.3, 0.4) is 0 Å². The van der Waals surface area contributed by atoms with Gasteiger partial charge in [-0.3, -0.25) is 14.2 Å². The molecule has 2 amide bonds. The quantitative estimate of drug-likeness (QED) is 0.161. The zero-order valence-electron chi connectivity index (χ0n) is 24.5. The van der Waals surface area contributed by atoms with E-state index < -0.39 is 47.6 Å². The number of halogens is 4. The Bertz CT molecular complexity index is 1990. The maximum atomic E-state index is 14.9. The number of nitrogens with zero attached hydrogens (tertiary/aromatic N) is 4. The second kappa shape index (κ2) is 13.5. The van der Waals surface area contributed by atoms with Crippen LogP contribution in [0.1, 0.15) is 11.1 Å². The molecule has 46 heavy (non-hydrogen) atoms. The highest BCUT2D eigenvalue weighted by atomic mass is 32.1. The van der Waals surface area contributed by atoms with Gasteiger partial charge in [0, 0.05) is 22.7 Å². The minimum Gasteiger partial charge on any atom is -0.433 e. The first kappa shape index (κ1) is 32.3. The highest BCUT2D eigenvalue weighted by Gasteiger charge is 2.25. The van der Waals surface area contributed by atoms with Crippen LogP contribution in [0.4, 0.5) is 28.0 Å². The standard InChI is InChI=1S/C30H26F4N6O5S/c1-38(2)14-20-24-26(41)40(23-12-11-18(13-35-23)45-28(33)34)30(43)39(15-19-21(31)5-4-6-22(19)32)27(24)46-25(20)16-7-9-17(10-8-16)36-29(42)37-44-3/h4-13,28H,14-15H2,1-3H3,(H2,36,37,42). The van der Waals surface area contributed by atoms with Gasteiger partial charge in [0.05, 0.1) is 25.2 Å². The number of alkyl halides is 2. The summed E-state index contributed by atoms with van der Waals surface area (Å²) in [5.41, 5.74) is 1.60. The number of anilines is 1. The van der Waals surface area contributed by atoms with E-state index in [0.29, 0.717) is 21.7 Å². The first-order chi connectivity index (χ1) is 22.0. The Balaban J connectivity index is 1.77. The summed E-state index contributed by atoms with van der Waals surface area (Å²) in [6, 6.07) is 11.6. The molecule has 0 fully saturated rings. The Morgan fingerprint density at radius 1 is 1.02 bits per heavy atom. The van der Waals surface area contributed by atoms with Crippen LogP contribution in [0.15, 0.2) is 70.4 Å². The second-order valence-corrected chi connectivity index (χ2v) is 11.1. The molecule has 0 saturated heterocycles. The zero-order chi connectivity index (χ0) is 33.1. The summed E-state index contributed by atoms with van der Waals surface area (Å²) in [7, 11) is 4.85. The van der Waals surface area contributed by atoms with E-state index >= 15 is 0 Å². The average Bonchev–Trinajstić information content (AvgIpc) is 3.36. The van der Waals surface area contributed by atoms with Crippen molar-refractivity contribution in [2.75, 3.05) is 26.5 Å². The van der Waals surface area contributed by atoms with E-state index in [1.54, 1.807) is 43.3 Å². The Labute approximate surface area is 262 Å². The van der Waals surface area contributed by atoms with Gasteiger partial charge in [-0.1, -0.05) is 18.2 Å². The maximum absolute atomic E-state index is 14.9. The lowest BCUT2D eigenvalue weighted by molar-refractivity contribution is -0.0500. The topological polar surface area (TPSA) is 120 Å². The minimum absolute atomic E-state index is 0.0985. The van der Waals surface area contributed by atoms with Gasteiger partial charge < -0.3 is 15.0 Å². The minimum atomic E-state index is -3.12. The number of hydroxylamine groups is 1. The molecule has 0 aliphatic rings. The molecule has 2 N–H and O–H groups in total. The average molecular weight is 659 g/mol. The third-order valence-corrected chi connectivity index (χ3v) is 8.00. The van der Waals surface area contributed by atoms with E-state index in [-0.39, 0.29) is 28.3 Å². The molecule has 5 rings (SSSR count). The van der Waals surface area contributed by atoms with Gasteiger partial charge in [-0.2, -0.15) is 8.78 Å². The molecule has 240 valence electrons. The van der Waals surface area contributed by atoms with Gasteiger partial charge in [0.1, 0.15) is 28.0 Å². The van der Waals surface area contributed by atoms with Crippen LogP contribution in [-0.2, 0) is 17.9 Å². The monoisotopic (exact) mass is 658 g/mol. The highest BCUT2D eigenvalue weighted by molar-refractivity contribution is 7.22. The third kappa shape index (κ3) is 6.63. The molecule has 0 radical (unpaired) electrons. The van der Waals surface area contributed by atoms with Gasteiger partial charge in [0.15, 0.2) is 0 Å². The summed E-state index contributed by atoms with van der Waals surface area (Å²) in [4.78, 5) is 51.2. The largest absolute Gasteiger partial charge is 0.433 e. The van der Waals surface area contributed by atoms with Crippen molar-refractivity contribution in [3.63, 3.8) is 0 Å². The highest BCUT2D eigenvalue weighted by Crippen LogP contribution is 2.38. The van der Waals surface area contributed by atoms with Crippen LogP contribution >= 0.6 is 11.3 Å². The van der Waals surface area contributed by atoms with Gasteiger partial charge in [0.25, 0.3) is 5.56 Å². The number of ether oxygens (including phenoxy) is 1. The van der Waals surface area contributed by atoms with E-state index in [1.807, 2.05) is 0 Å². The number of hydrogen-bond acceptors (Lipinski definition) is 8. The van der Waals surface area contributed by atoms with Crippen molar-refractivity contribution in [2.45, 2.75) is 19.7 Å². The smallest absolute Gasteiger partial charge is 0.387 e. The number of urea groups is 1. The van der Waals surface area contributed by atoms with Gasteiger partial charge in [-0.05, 0) is 61.6 Å². The summed E-state index contributed by atoms with van der Waals surface area (Å²) in [6.07, 6.45) is 0.931.